The third-order valence-corrected chi connectivity index (χ3v) is 2.71. The number of aldehydes is 1. The predicted molar refractivity (Wildman–Crippen MR) is 76.8 cm³/mol. The number of aliphatic carboxylic acids is 1. The third kappa shape index (κ3) is 4.13. The number of carboxylic acid groups (broad SMARTS) is 1. The van der Waals surface area contributed by atoms with Gasteiger partial charge < -0.3 is 5.11 Å². The molecule has 2 amide bonds. The van der Waals surface area contributed by atoms with E-state index in [1.54, 1.807) is 38.2 Å². The summed E-state index contributed by atoms with van der Waals surface area (Å²) in [5, 5.41) is 8.88. The van der Waals surface area contributed by atoms with E-state index in [4.69, 9.17) is 5.11 Å². The minimum atomic E-state index is -1.39. The second-order valence-corrected chi connectivity index (χ2v) is 4.54. The maximum absolute atomic E-state index is 12.4. The van der Waals surface area contributed by atoms with Gasteiger partial charge in [-0.05, 0) is 26.0 Å². The predicted octanol–water partition coefficient (Wildman–Crippen LogP) is 1.52. The zero-order valence-corrected chi connectivity index (χ0v) is 12.1. The van der Waals surface area contributed by atoms with Crippen LogP contribution in [-0.4, -0.2) is 46.4 Å². The first-order chi connectivity index (χ1) is 9.88. The highest BCUT2D eigenvalue weighted by Crippen LogP contribution is 2.13. The Morgan fingerprint density at radius 2 is 2.00 bits per heavy atom. The van der Waals surface area contributed by atoms with Crippen molar-refractivity contribution in [1.29, 1.82) is 0 Å². The van der Waals surface area contributed by atoms with E-state index < -0.39 is 17.6 Å². The van der Waals surface area contributed by atoms with Crippen LogP contribution < -0.4 is 4.90 Å². The van der Waals surface area contributed by atoms with Gasteiger partial charge in [-0.25, -0.2) is 14.6 Å². The molecule has 0 aliphatic heterocycles. The molecule has 0 radical (unpaired) electrons. The van der Waals surface area contributed by atoms with Crippen LogP contribution in [0.5, 0.6) is 0 Å². The fourth-order valence-corrected chi connectivity index (χ4v) is 1.53. The highest BCUT2D eigenvalue weighted by atomic mass is 16.4. The molecule has 1 N–H and O–H groups in total. The molecule has 112 valence electrons. The van der Waals surface area contributed by atoms with Gasteiger partial charge in [-0.15, -0.1) is 0 Å². The van der Waals surface area contributed by atoms with E-state index in [2.05, 4.69) is 4.98 Å². The smallest absolute Gasteiger partial charge is 0.340 e. The number of carbonyl (C=O) groups excluding carboxylic acids is 2. The lowest BCUT2D eigenvalue weighted by atomic mass is 10.3. The summed E-state index contributed by atoms with van der Waals surface area (Å²) in [6.45, 7) is 3.43. The van der Waals surface area contributed by atoms with Crippen LogP contribution in [0.2, 0.25) is 0 Å². The van der Waals surface area contributed by atoms with E-state index in [0.29, 0.717) is 5.82 Å². The maximum atomic E-state index is 12.4. The van der Waals surface area contributed by atoms with Crippen LogP contribution in [0.15, 0.2) is 36.2 Å². The largest absolute Gasteiger partial charge is 0.478 e. The number of nitrogens with zero attached hydrogens (tertiary/aromatic N) is 3. The number of hydrogen-bond acceptors (Lipinski definition) is 4. The molecular weight excluding hydrogens is 274 g/mol. The SMILES string of the molecule is CC(C)N(/C=C(\C=O)C(=O)O)C(=O)N(C)c1ccccn1. The average molecular weight is 291 g/mol. The van der Waals surface area contributed by atoms with Gasteiger partial charge in [-0.2, -0.15) is 0 Å². The fourth-order valence-electron chi connectivity index (χ4n) is 1.53. The second kappa shape index (κ2) is 7.18. The van der Waals surface area contributed by atoms with Gasteiger partial charge in [0.25, 0.3) is 0 Å². The van der Waals surface area contributed by atoms with Gasteiger partial charge in [-0.3, -0.25) is 14.6 Å². The molecule has 1 heterocycles. The summed E-state index contributed by atoms with van der Waals surface area (Å²) in [6.07, 6.45) is 2.77. The quantitative estimate of drug-likeness (QED) is 0.384. The molecule has 7 heteroatoms. The van der Waals surface area contributed by atoms with Gasteiger partial charge in [-0.1, -0.05) is 6.07 Å². The van der Waals surface area contributed by atoms with Gasteiger partial charge in [0.05, 0.1) is 0 Å². The summed E-state index contributed by atoms with van der Waals surface area (Å²) in [6, 6.07) is 4.30. The van der Waals surface area contributed by atoms with E-state index in [0.717, 1.165) is 6.20 Å². The highest BCUT2D eigenvalue weighted by molar-refractivity contribution is 6.07. The first-order valence-electron chi connectivity index (χ1n) is 6.25. The van der Waals surface area contributed by atoms with E-state index in [-0.39, 0.29) is 12.3 Å². The number of rotatable bonds is 5. The van der Waals surface area contributed by atoms with Gasteiger partial charge >= 0.3 is 12.0 Å². The Balaban J connectivity index is 3.09. The number of urea groups is 1. The van der Waals surface area contributed by atoms with Gasteiger partial charge in [0.15, 0.2) is 6.29 Å². The zero-order valence-electron chi connectivity index (χ0n) is 12.1. The van der Waals surface area contributed by atoms with Crippen LogP contribution in [0.1, 0.15) is 13.8 Å². The number of aromatic nitrogens is 1. The minimum Gasteiger partial charge on any atom is -0.478 e. The summed E-state index contributed by atoms with van der Waals surface area (Å²) in [5.74, 6) is -0.964. The van der Waals surface area contributed by atoms with Crippen molar-refractivity contribution in [3.8, 4) is 0 Å². The molecule has 7 nitrogen and oxygen atoms in total. The minimum absolute atomic E-state index is 0.200. The Hall–Kier alpha value is -2.70. The fraction of sp³-hybridized carbons (Fsp3) is 0.286. The Labute approximate surface area is 122 Å². The number of amides is 2. The van der Waals surface area contributed by atoms with Crippen LogP contribution in [-0.2, 0) is 9.59 Å². The molecule has 0 aromatic carbocycles. The van der Waals surface area contributed by atoms with Crippen molar-refractivity contribution in [2.75, 3.05) is 11.9 Å². The molecule has 0 saturated carbocycles. The summed E-state index contributed by atoms with van der Waals surface area (Å²) < 4.78 is 0. The van der Waals surface area contributed by atoms with Crippen LogP contribution in [0.4, 0.5) is 10.6 Å². The van der Waals surface area contributed by atoms with Crippen molar-refractivity contribution in [2.45, 2.75) is 19.9 Å². The highest BCUT2D eigenvalue weighted by Gasteiger charge is 2.22. The molecule has 21 heavy (non-hydrogen) atoms. The maximum Gasteiger partial charge on any atom is 0.340 e. The first kappa shape index (κ1) is 16.4. The van der Waals surface area contributed by atoms with Crippen molar-refractivity contribution in [2.24, 2.45) is 0 Å². The molecule has 0 aliphatic rings. The van der Waals surface area contributed by atoms with Crippen LogP contribution in [0.3, 0.4) is 0 Å². The summed E-state index contributed by atoms with van der Waals surface area (Å²) in [4.78, 5) is 40.6. The molecule has 1 aromatic rings. The molecule has 1 aromatic heterocycles. The average Bonchev–Trinajstić information content (AvgIpc) is 2.47. The zero-order chi connectivity index (χ0) is 16.0. The molecule has 0 saturated heterocycles. The number of pyridine rings is 1. The molecular formula is C14H17N3O4. The summed E-state index contributed by atoms with van der Waals surface area (Å²) >= 11 is 0. The molecule has 0 atom stereocenters. The Morgan fingerprint density at radius 1 is 1.33 bits per heavy atom. The lowest BCUT2D eigenvalue weighted by Crippen LogP contribution is -2.42. The van der Waals surface area contributed by atoms with Crippen molar-refractivity contribution in [3.05, 3.63) is 36.2 Å². The van der Waals surface area contributed by atoms with E-state index >= 15 is 0 Å². The van der Waals surface area contributed by atoms with Gasteiger partial charge in [0, 0.05) is 25.5 Å². The number of anilines is 1. The number of carboxylic acids is 1. The first-order valence-corrected chi connectivity index (χ1v) is 6.25. The Kier molecular flexibility index (Phi) is 5.59. The van der Waals surface area contributed by atoms with Crippen LogP contribution in [0, 0.1) is 0 Å². The van der Waals surface area contributed by atoms with E-state index in [9.17, 15) is 14.4 Å². The van der Waals surface area contributed by atoms with Crippen LogP contribution >= 0.6 is 0 Å². The van der Waals surface area contributed by atoms with Crippen molar-refractivity contribution in [1.82, 2.24) is 9.88 Å². The Bertz CT molecular complexity index is 555. The lowest BCUT2D eigenvalue weighted by Gasteiger charge is -2.28. The molecule has 1 rings (SSSR count). The Morgan fingerprint density at radius 3 is 2.43 bits per heavy atom. The molecule has 0 unspecified atom stereocenters. The topological polar surface area (TPSA) is 90.8 Å². The number of hydrogen-bond donors (Lipinski definition) is 1. The second-order valence-electron chi connectivity index (χ2n) is 4.54. The van der Waals surface area contributed by atoms with Crippen molar-refractivity contribution in [3.63, 3.8) is 0 Å². The standard InChI is InChI=1S/C14H17N3O4/c1-10(2)17(8-11(9-18)13(19)20)14(21)16(3)12-6-4-5-7-15-12/h4-10H,1-3H3,(H,19,20)/b11-8+. The third-order valence-electron chi connectivity index (χ3n) is 2.71. The van der Waals surface area contributed by atoms with Crippen molar-refractivity contribution >= 4 is 24.1 Å². The van der Waals surface area contributed by atoms with E-state index in [1.807, 2.05) is 0 Å². The van der Waals surface area contributed by atoms with E-state index in [1.165, 1.54) is 16.8 Å². The molecule has 0 bridgehead atoms. The molecule has 0 fully saturated rings. The van der Waals surface area contributed by atoms with Crippen LogP contribution in [0.25, 0.3) is 0 Å². The monoisotopic (exact) mass is 291 g/mol. The number of carbonyl (C=O) groups is 3. The summed E-state index contributed by atoms with van der Waals surface area (Å²) in [7, 11) is 1.52. The van der Waals surface area contributed by atoms with Gasteiger partial charge in [0.2, 0.25) is 0 Å². The molecule has 0 spiro atoms. The summed E-state index contributed by atoms with van der Waals surface area (Å²) in [5.41, 5.74) is -0.494. The van der Waals surface area contributed by atoms with Gasteiger partial charge in [0.1, 0.15) is 11.4 Å². The van der Waals surface area contributed by atoms with Crippen molar-refractivity contribution < 1.29 is 19.5 Å². The normalized spacial score (nSPS) is 11.1. The molecule has 0 aliphatic carbocycles. The lowest BCUT2D eigenvalue weighted by molar-refractivity contribution is -0.133.